The lowest BCUT2D eigenvalue weighted by Gasteiger charge is -2.36. The van der Waals surface area contributed by atoms with Crippen molar-refractivity contribution in [2.75, 3.05) is 11.4 Å². The minimum atomic E-state index is -1.08. The lowest BCUT2D eigenvalue weighted by Crippen LogP contribution is -2.46. The SMILES string of the molecule is O=C(O)NC1Cc2ccccc2N(c2cccc([N+](=O)[O-])c2)C1. The molecule has 0 spiro atoms. The molecule has 1 atom stereocenters. The molecule has 7 heteroatoms. The van der Waals surface area contributed by atoms with E-state index >= 15 is 0 Å². The molecule has 2 aromatic rings. The maximum Gasteiger partial charge on any atom is 0.404 e. The van der Waals surface area contributed by atoms with Crippen LogP contribution in [-0.2, 0) is 6.42 Å². The largest absolute Gasteiger partial charge is 0.465 e. The second-order valence-corrected chi connectivity index (χ2v) is 5.37. The number of nitrogens with zero attached hydrogens (tertiary/aromatic N) is 2. The number of nitrogens with one attached hydrogen (secondary N) is 1. The molecule has 118 valence electrons. The van der Waals surface area contributed by atoms with Gasteiger partial charge in [0.25, 0.3) is 5.69 Å². The van der Waals surface area contributed by atoms with Crippen molar-refractivity contribution in [2.45, 2.75) is 12.5 Å². The van der Waals surface area contributed by atoms with Crippen molar-refractivity contribution >= 4 is 23.2 Å². The summed E-state index contributed by atoms with van der Waals surface area (Å²) in [5.74, 6) is 0. The Balaban J connectivity index is 2.01. The van der Waals surface area contributed by atoms with Crippen LogP contribution in [-0.4, -0.2) is 28.7 Å². The first kappa shape index (κ1) is 14.8. The number of nitro groups is 1. The average Bonchev–Trinajstić information content (AvgIpc) is 2.53. The Hall–Kier alpha value is -3.09. The summed E-state index contributed by atoms with van der Waals surface area (Å²) in [6, 6.07) is 13.7. The van der Waals surface area contributed by atoms with Crippen LogP contribution < -0.4 is 10.2 Å². The molecule has 1 aliphatic heterocycles. The fraction of sp³-hybridized carbons (Fsp3) is 0.188. The van der Waals surface area contributed by atoms with E-state index in [1.54, 1.807) is 12.1 Å². The quantitative estimate of drug-likeness (QED) is 0.671. The van der Waals surface area contributed by atoms with Crippen molar-refractivity contribution in [3.8, 4) is 0 Å². The molecule has 0 saturated heterocycles. The van der Waals surface area contributed by atoms with Crippen molar-refractivity contribution in [2.24, 2.45) is 0 Å². The van der Waals surface area contributed by atoms with Gasteiger partial charge in [-0.2, -0.15) is 0 Å². The van der Waals surface area contributed by atoms with Crippen LogP contribution in [0.3, 0.4) is 0 Å². The third-order valence-electron chi connectivity index (χ3n) is 3.83. The summed E-state index contributed by atoms with van der Waals surface area (Å²) in [5.41, 5.74) is 2.62. The van der Waals surface area contributed by atoms with Crippen LogP contribution in [0.1, 0.15) is 5.56 Å². The van der Waals surface area contributed by atoms with Gasteiger partial charge in [-0.3, -0.25) is 10.1 Å². The van der Waals surface area contributed by atoms with Crippen molar-refractivity contribution < 1.29 is 14.8 Å². The summed E-state index contributed by atoms with van der Waals surface area (Å²) in [5, 5.41) is 22.5. The topological polar surface area (TPSA) is 95.7 Å². The fourth-order valence-electron chi connectivity index (χ4n) is 2.89. The molecule has 23 heavy (non-hydrogen) atoms. The van der Waals surface area contributed by atoms with Crippen LogP contribution >= 0.6 is 0 Å². The van der Waals surface area contributed by atoms with E-state index in [0.717, 1.165) is 11.3 Å². The zero-order valence-corrected chi connectivity index (χ0v) is 12.2. The normalized spacial score (nSPS) is 16.5. The summed E-state index contributed by atoms with van der Waals surface area (Å²) in [4.78, 5) is 23.4. The molecule has 0 bridgehead atoms. The number of anilines is 2. The van der Waals surface area contributed by atoms with E-state index in [0.29, 0.717) is 18.7 Å². The number of rotatable bonds is 3. The zero-order valence-electron chi connectivity index (χ0n) is 12.2. The molecule has 1 aliphatic rings. The van der Waals surface area contributed by atoms with Gasteiger partial charge in [0.05, 0.1) is 11.0 Å². The first-order chi connectivity index (χ1) is 11.0. The number of hydrogen-bond acceptors (Lipinski definition) is 4. The molecule has 2 aromatic carbocycles. The van der Waals surface area contributed by atoms with Gasteiger partial charge in [-0.1, -0.05) is 24.3 Å². The molecule has 0 saturated carbocycles. The van der Waals surface area contributed by atoms with Gasteiger partial charge < -0.3 is 15.3 Å². The highest BCUT2D eigenvalue weighted by molar-refractivity contribution is 5.71. The van der Waals surface area contributed by atoms with Gasteiger partial charge in [0.15, 0.2) is 0 Å². The first-order valence-electron chi connectivity index (χ1n) is 7.14. The standard InChI is InChI=1S/C16H15N3O4/c20-16(21)17-12-8-11-4-1-2-7-15(11)18(10-12)13-5-3-6-14(9-13)19(22)23/h1-7,9,12,17H,8,10H2,(H,20,21). The highest BCUT2D eigenvalue weighted by Gasteiger charge is 2.26. The Morgan fingerprint density at radius 1 is 1.26 bits per heavy atom. The molecular weight excluding hydrogens is 298 g/mol. The van der Waals surface area contributed by atoms with Crippen LogP contribution in [0.25, 0.3) is 0 Å². The molecule has 0 aliphatic carbocycles. The third-order valence-corrected chi connectivity index (χ3v) is 3.83. The number of fused-ring (bicyclic) bond motifs is 1. The predicted molar refractivity (Wildman–Crippen MR) is 85.2 cm³/mol. The number of para-hydroxylation sites is 1. The summed E-state index contributed by atoms with van der Waals surface area (Å²) in [7, 11) is 0. The second kappa shape index (κ2) is 5.96. The molecular formula is C16H15N3O4. The maximum atomic E-state index is 11.0. The minimum absolute atomic E-state index is 0.00768. The Labute approximate surface area is 132 Å². The van der Waals surface area contributed by atoms with Gasteiger partial charge in [-0.05, 0) is 24.1 Å². The van der Waals surface area contributed by atoms with Gasteiger partial charge in [0.1, 0.15) is 0 Å². The molecule has 7 nitrogen and oxygen atoms in total. The van der Waals surface area contributed by atoms with Gasteiger partial charge in [-0.25, -0.2) is 4.79 Å². The van der Waals surface area contributed by atoms with Gasteiger partial charge in [0.2, 0.25) is 0 Å². The monoisotopic (exact) mass is 313 g/mol. The van der Waals surface area contributed by atoms with Crippen LogP contribution in [0.2, 0.25) is 0 Å². The van der Waals surface area contributed by atoms with E-state index in [2.05, 4.69) is 5.32 Å². The van der Waals surface area contributed by atoms with Crippen LogP contribution in [0.5, 0.6) is 0 Å². The third kappa shape index (κ3) is 3.08. The van der Waals surface area contributed by atoms with Crippen molar-refractivity contribution in [3.05, 3.63) is 64.2 Å². The molecule has 0 fully saturated rings. The summed E-state index contributed by atoms with van der Waals surface area (Å²) in [6.07, 6.45) is -0.484. The molecule has 2 N–H and O–H groups in total. The number of benzene rings is 2. The van der Waals surface area contributed by atoms with Crippen LogP contribution in [0.15, 0.2) is 48.5 Å². The molecule has 0 aromatic heterocycles. The Morgan fingerprint density at radius 3 is 2.78 bits per heavy atom. The summed E-state index contributed by atoms with van der Waals surface area (Å²) >= 11 is 0. The van der Waals surface area contributed by atoms with Gasteiger partial charge in [-0.15, -0.1) is 0 Å². The fourth-order valence-corrected chi connectivity index (χ4v) is 2.89. The highest BCUT2D eigenvalue weighted by Crippen LogP contribution is 2.34. The number of amides is 1. The number of non-ortho nitro benzene ring substituents is 1. The van der Waals surface area contributed by atoms with E-state index in [-0.39, 0.29) is 11.7 Å². The number of nitro benzene ring substituents is 1. The predicted octanol–water partition coefficient (Wildman–Crippen LogP) is 2.93. The van der Waals surface area contributed by atoms with Crippen molar-refractivity contribution in [3.63, 3.8) is 0 Å². The second-order valence-electron chi connectivity index (χ2n) is 5.37. The minimum Gasteiger partial charge on any atom is -0.465 e. The molecule has 3 rings (SSSR count). The average molecular weight is 313 g/mol. The number of carboxylic acid groups (broad SMARTS) is 1. The van der Waals surface area contributed by atoms with Crippen molar-refractivity contribution in [1.82, 2.24) is 5.32 Å². The summed E-state index contributed by atoms with van der Waals surface area (Å²) < 4.78 is 0. The number of carbonyl (C=O) groups is 1. The van der Waals surface area contributed by atoms with Crippen LogP contribution in [0.4, 0.5) is 21.9 Å². The van der Waals surface area contributed by atoms with E-state index in [1.807, 2.05) is 29.2 Å². The lowest BCUT2D eigenvalue weighted by molar-refractivity contribution is -0.384. The maximum absolute atomic E-state index is 11.0. The Morgan fingerprint density at radius 2 is 2.04 bits per heavy atom. The summed E-state index contributed by atoms with van der Waals surface area (Å²) in [6.45, 7) is 0.421. The van der Waals surface area contributed by atoms with Gasteiger partial charge in [0, 0.05) is 30.1 Å². The molecule has 1 unspecified atom stereocenters. The van der Waals surface area contributed by atoms with E-state index in [1.165, 1.54) is 12.1 Å². The van der Waals surface area contributed by atoms with Crippen LogP contribution in [0, 0.1) is 10.1 Å². The highest BCUT2D eigenvalue weighted by atomic mass is 16.6. The smallest absolute Gasteiger partial charge is 0.404 e. The van der Waals surface area contributed by atoms with E-state index < -0.39 is 11.0 Å². The zero-order chi connectivity index (χ0) is 16.4. The first-order valence-corrected chi connectivity index (χ1v) is 7.14. The van der Waals surface area contributed by atoms with E-state index in [4.69, 9.17) is 5.11 Å². The molecule has 0 radical (unpaired) electrons. The molecule has 1 heterocycles. The molecule has 1 amide bonds. The van der Waals surface area contributed by atoms with E-state index in [9.17, 15) is 14.9 Å². The number of hydrogen-bond donors (Lipinski definition) is 2. The Kier molecular flexibility index (Phi) is 3.84. The van der Waals surface area contributed by atoms with Crippen molar-refractivity contribution in [1.29, 1.82) is 0 Å². The Bertz CT molecular complexity index is 762. The van der Waals surface area contributed by atoms with Gasteiger partial charge >= 0.3 is 6.09 Å². The lowest BCUT2D eigenvalue weighted by atomic mass is 9.97.